The van der Waals surface area contributed by atoms with Gasteiger partial charge in [0.2, 0.25) is 10.0 Å². The third-order valence-electron chi connectivity index (χ3n) is 3.95. The molecule has 2 rings (SSSR count). The van der Waals surface area contributed by atoms with Crippen LogP contribution in [0.25, 0.3) is 0 Å². The Labute approximate surface area is 121 Å². The van der Waals surface area contributed by atoms with Crippen LogP contribution in [-0.4, -0.2) is 37.0 Å². The van der Waals surface area contributed by atoms with Gasteiger partial charge in [0, 0.05) is 19.2 Å². The van der Waals surface area contributed by atoms with E-state index in [0.717, 1.165) is 18.4 Å². The lowest BCUT2D eigenvalue weighted by Crippen LogP contribution is -2.38. The zero-order valence-corrected chi connectivity index (χ0v) is 12.9. The molecule has 0 saturated carbocycles. The van der Waals surface area contributed by atoms with Crippen LogP contribution in [-0.2, 0) is 16.4 Å². The van der Waals surface area contributed by atoms with E-state index < -0.39 is 10.0 Å². The molecule has 1 N–H and O–H groups in total. The Bertz CT molecular complexity index is 537. The van der Waals surface area contributed by atoms with Crippen LogP contribution in [0.5, 0.6) is 0 Å². The molecular formula is C15H23NO3S. The molecule has 0 spiro atoms. The Morgan fingerprint density at radius 2 is 1.95 bits per heavy atom. The molecule has 1 aromatic rings. The minimum Gasteiger partial charge on any atom is -0.396 e. The largest absolute Gasteiger partial charge is 0.396 e. The fourth-order valence-corrected chi connectivity index (χ4v) is 4.65. The third-order valence-corrected chi connectivity index (χ3v) is 5.89. The number of nitrogens with zero attached hydrogens (tertiary/aromatic N) is 1. The summed E-state index contributed by atoms with van der Waals surface area (Å²) in [5.41, 5.74) is 0.952. The molecule has 0 aromatic heterocycles. The van der Waals surface area contributed by atoms with Crippen LogP contribution >= 0.6 is 0 Å². The average molecular weight is 297 g/mol. The van der Waals surface area contributed by atoms with Crippen LogP contribution < -0.4 is 0 Å². The maximum absolute atomic E-state index is 12.7. The number of sulfonamides is 1. The van der Waals surface area contributed by atoms with Crippen molar-refractivity contribution in [1.82, 2.24) is 4.31 Å². The fraction of sp³-hybridized carbons (Fsp3) is 0.600. The van der Waals surface area contributed by atoms with E-state index in [0.29, 0.717) is 23.8 Å². The van der Waals surface area contributed by atoms with Gasteiger partial charge in [-0.15, -0.1) is 0 Å². The van der Waals surface area contributed by atoms with Gasteiger partial charge in [0.05, 0.1) is 4.90 Å². The first-order valence-corrected chi connectivity index (χ1v) is 8.62. The molecule has 0 aliphatic carbocycles. The number of hydrogen-bond acceptors (Lipinski definition) is 3. The summed E-state index contributed by atoms with van der Waals surface area (Å²) < 4.78 is 27.0. The number of aliphatic hydroxyl groups excluding tert-OH is 1. The second-order valence-electron chi connectivity index (χ2n) is 5.69. The summed E-state index contributed by atoms with van der Waals surface area (Å²) in [6, 6.07) is 6.97. The lowest BCUT2D eigenvalue weighted by molar-refractivity contribution is 0.299. The SMILES string of the molecule is CC(C)C1CCCN1S(=O)(=O)c1ccc(CCO)cc1. The monoisotopic (exact) mass is 297 g/mol. The molecule has 1 aliphatic rings. The van der Waals surface area contributed by atoms with E-state index >= 15 is 0 Å². The smallest absolute Gasteiger partial charge is 0.243 e. The van der Waals surface area contributed by atoms with Crippen molar-refractivity contribution < 1.29 is 13.5 Å². The van der Waals surface area contributed by atoms with Gasteiger partial charge in [-0.3, -0.25) is 0 Å². The van der Waals surface area contributed by atoms with Gasteiger partial charge in [0.25, 0.3) is 0 Å². The Morgan fingerprint density at radius 1 is 1.30 bits per heavy atom. The highest BCUT2D eigenvalue weighted by Gasteiger charge is 2.36. The van der Waals surface area contributed by atoms with Crippen molar-refractivity contribution >= 4 is 10.0 Å². The van der Waals surface area contributed by atoms with Crippen LogP contribution in [0.4, 0.5) is 0 Å². The molecule has 1 atom stereocenters. The molecule has 1 heterocycles. The van der Waals surface area contributed by atoms with E-state index in [-0.39, 0.29) is 12.6 Å². The molecule has 0 amide bonds. The van der Waals surface area contributed by atoms with Gasteiger partial charge >= 0.3 is 0 Å². The van der Waals surface area contributed by atoms with Gasteiger partial charge in [0.15, 0.2) is 0 Å². The Balaban J connectivity index is 2.25. The number of hydrogen-bond donors (Lipinski definition) is 1. The summed E-state index contributed by atoms with van der Waals surface area (Å²) in [6.07, 6.45) is 2.43. The Kier molecular flexibility index (Phi) is 4.83. The summed E-state index contributed by atoms with van der Waals surface area (Å²) >= 11 is 0. The molecule has 1 saturated heterocycles. The van der Waals surface area contributed by atoms with Gasteiger partial charge in [-0.05, 0) is 42.9 Å². The van der Waals surface area contributed by atoms with E-state index in [1.54, 1.807) is 28.6 Å². The summed E-state index contributed by atoms with van der Waals surface area (Å²) in [7, 11) is -3.39. The number of aliphatic hydroxyl groups is 1. The maximum atomic E-state index is 12.7. The molecular weight excluding hydrogens is 274 g/mol. The van der Waals surface area contributed by atoms with E-state index in [1.807, 2.05) is 0 Å². The van der Waals surface area contributed by atoms with Crippen LogP contribution in [0.2, 0.25) is 0 Å². The number of rotatable bonds is 5. The highest BCUT2D eigenvalue weighted by atomic mass is 32.2. The second kappa shape index (κ2) is 6.24. The summed E-state index contributed by atoms with van der Waals surface area (Å²) in [4.78, 5) is 0.353. The molecule has 0 bridgehead atoms. The molecule has 1 unspecified atom stereocenters. The predicted octanol–water partition coefficient (Wildman–Crippen LogP) is 2.03. The fourth-order valence-electron chi connectivity index (χ4n) is 2.82. The second-order valence-corrected chi connectivity index (χ2v) is 7.58. The highest BCUT2D eigenvalue weighted by molar-refractivity contribution is 7.89. The standard InChI is InChI=1S/C15H23NO3S/c1-12(2)15-4-3-10-16(15)20(18,19)14-7-5-13(6-8-14)9-11-17/h5-8,12,15,17H,3-4,9-11H2,1-2H3. The van der Waals surface area contributed by atoms with Gasteiger partial charge in [0.1, 0.15) is 0 Å². The van der Waals surface area contributed by atoms with Crippen LogP contribution in [0.15, 0.2) is 29.2 Å². The first-order valence-electron chi connectivity index (χ1n) is 7.18. The van der Waals surface area contributed by atoms with E-state index in [4.69, 9.17) is 5.11 Å². The van der Waals surface area contributed by atoms with Gasteiger partial charge in [-0.25, -0.2) is 8.42 Å². The molecule has 1 fully saturated rings. The summed E-state index contributed by atoms with van der Waals surface area (Å²) in [6.45, 7) is 4.84. The third kappa shape index (κ3) is 3.05. The maximum Gasteiger partial charge on any atom is 0.243 e. The zero-order valence-electron chi connectivity index (χ0n) is 12.1. The van der Waals surface area contributed by atoms with Gasteiger partial charge < -0.3 is 5.11 Å². The molecule has 1 aromatic carbocycles. The van der Waals surface area contributed by atoms with E-state index in [9.17, 15) is 8.42 Å². The molecule has 1 aliphatic heterocycles. The van der Waals surface area contributed by atoms with Crippen molar-refractivity contribution in [3.05, 3.63) is 29.8 Å². The molecule has 112 valence electrons. The lowest BCUT2D eigenvalue weighted by atomic mass is 10.0. The van der Waals surface area contributed by atoms with Crippen molar-refractivity contribution in [2.75, 3.05) is 13.2 Å². The van der Waals surface area contributed by atoms with Crippen LogP contribution in [0, 0.1) is 5.92 Å². The lowest BCUT2D eigenvalue weighted by Gasteiger charge is -2.27. The summed E-state index contributed by atoms with van der Waals surface area (Å²) in [5.74, 6) is 0.334. The first kappa shape index (κ1) is 15.5. The van der Waals surface area contributed by atoms with Gasteiger partial charge in [-0.1, -0.05) is 26.0 Å². The van der Waals surface area contributed by atoms with Crippen LogP contribution in [0.1, 0.15) is 32.3 Å². The predicted molar refractivity (Wildman–Crippen MR) is 79.0 cm³/mol. The van der Waals surface area contributed by atoms with Crippen molar-refractivity contribution in [2.24, 2.45) is 5.92 Å². The normalized spacial score (nSPS) is 20.7. The van der Waals surface area contributed by atoms with Gasteiger partial charge in [-0.2, -0.15) is 4.31 Å². The molecule has 0 radical (unpaired) electrons. The molecule has 20 heavy (non-hydrogen) atoms. The first-order chi connectivity index (χ1) is 9.46. The van der Waals surface area contributed by atoms with E-state index in [1.165, 1.54) is 0 Å². The zero-order chi connectivity index (χ0) is 14.8. The molecule has 4 nitrogen and oxygen atoms in total. The quantitative estimate of drug-likeness (QED) is 0.904. The average Bonchev–Trinajstić information content (AvgIpc) is 2.90. The van der Waals surface area contributed by atoms with Crippen molar-refractivity contribution in [1.29, 1.82) is 0 Å². The van der Waals surface area contributed by atoms with Crippen molar-refractivity contribution in [3.63, 3.8) is 0 Å². The minimum atomic E-state index is -3.39. The number of benzene rings is 1. The van der Waals surface area contributed by atoms with Crippen molar-refractivity contribution in [3.8, 4) is 0 Å². The molecule has 5 heteroatoms. The van der Waals surface area contributed by atoms with Crippen molar-refractivity contribution in [2.45, 2.75) is 44.0 Å². The Morgan fingerprint density at radius 3 is 2.50 bits per heavy atom. The van der Waals surface area contributed by atoms with E-state index in [2.05, 4.69) is 13.8 Å². The summed E-state index contributed by atoms with van der Waals surface area (Å²) in [5, 5.41) is 8.89. The Hall–Kier alpha value is -0.910. The topological polar surface area (TPSA) is 57.6 Å². The highest BCUT2D eigenvalue weighted by Crippen LogP contribution is 2.30. The van der Waals surface area contributed by atoms with Crippen LogP contribution in [0.3, 0.4) is 0 Å². The minimum absolute atomic E-state index is 0.0770.